The van der Waals surface area contributed by atoms with Gasteiger partial charge < -0.3 is 25.0 Å². The summed E-state index contributed by atoms with van der Waals surface area (Å²) in [5.41, 5.74) is -0.829. The Labute approximate surface area is 137 Å². The van der Waals surface area contributed by atoms with Crippen molar-refractivity contribution >= 4 is 6.09 Å². The predicted octanol–water partition coefficient (Wildman–Crippen LogP) is 1.94. The Kier molecular flexibility index (Phi) is 7.80. The van der Waals surface area contributed by atoms with Gasteiger partial charge in [0.15, 0.2) is 0 Å². The fourth-order valence-electron chi connectivity index (χ4n) is 1.65. The first kappa shape index (κ1) is 20.0. The van der Waals surface area contributed by atoms with Gasteiger partial charge in [-0.05, 0) is 24.6 Å². The fraction of sp³-hybridized carbons (Fsp3) is 0.533. The summed E-state index contributed by atoms with van der Waals surface area (Å²) in [6.07, 6.45) is -6.67. The van der Waals surface area contributed by atoms with Crippen molar-refractivity contribution in [1.29, 1.82) is 0 Å². The van der Waals surface area contributed by atoms with Crippen LogP contribution in [0.2, 0.25) is 0 Å². The second kappa shape index (κ2) is 9.33. The van der Waals surface area contributed by atoms with E-state index in [-0.39, 0.29) is 18.9 Å². The van der Waals surface area contributed by atoms with E-state index in [9.17, 15) is 18.0 Å². The second-order valence-electron chi connectivity index (χ2n) is 4.99. The number of ether oxygens (including phenoxy) is 2. The minimum Gasteiger partial charge on any atom is -0.490 e. The number of alkyl carbamates (subject to hydrolysis) is 1. The van der Waals surface area contributed by atoms with E-state index in [0.717, 1.165) is 12.1 Å². The first-order valence-electron chi connectivity index (χ1n) is 7.29. The second-order valence-corrected chi connectivity index (χ2v) is 4.99. The molecule has 0 radical (unpaired) electrons. The summed E-state index contributed by atoms with van der Waals surface area (Å²) in [5, 5.41) is 20.0. The van der Waals surface area contributed by atoms with Gasteiger partial charge in [-0.25, -0.2) is 4.79 Å². The van der Waals surface area contributed by atoms with Crippen LogP contribution in [0.5, 0.6) is 5.75 Å². The zero-order valence-corrected chi connectivity index (χ0v) is 13.0. The normalized spacial score (nSPS) is 13.9. The van der Waals surface area contributed by atoms with E-state index in [1.54, 1.807) is 6.92 Å². The van der Waals surface area contributed by atoms with Crippen molar-refractivity contribution in [2.24, 2.45) is 0 Å². The molecular formula is C15H20F3NO5. The molecule has 0 aromatic heterocycles. The molecule has 0 fully saturated rings. The van der Waals surface area contributed by atoms with Gasteiger partial charge in [-0.1, -0.05) is 13.0 Å². The number of aliphatic hydroxyl groups is 2. The van der Waals surface area contributed by atoms with Gasteiger partial charge in [0, 0.05) is 6.54 Å². The summed E-state index contributed by atoms with van der Waals surface area (Å²) in [4.78, 5) is 11.5. The highest BCUT2D eigenvalue weighted by Gasteiger charge is 2.30. The molecule has 9 heteroatoms. The maximum absolute atomic E-state index is 12.6. The molecule has 2 atom stereocenters. The van der Waals surface area contributed by atoms with Crippen LogP contribution in [0.1, 0.15) is 18.9 Å². The summed E-state index contributed by atoms with van der Waals surface area (Å²) in [6, 6.07) is 4.40. The standard InChI is InChI=1S/C15H20F3NO5/c1-2-12(24-14(22)19-7-11(21)8-20)9-23-13-5-3-4-10(6-13)15(16,17)18/h3-6,11-12,20-21H,2,7-9H2,1H3,(H,19,22). The maximum atomic E-state index is 12.6. The molecule has 1 aromatic carbocycles. The van der Waals surface area contributed by atoms with Gasteiger partial charge in [-0.2, -0.15) is 13.2 Å². The number of aliphatic hydroxyl groups excluding tert-OH is 2. The van der Waals surface area contributed by atoms with Crippen LogP contribution in [-0.2, 0) is 10.9 Å². The smallest absolute Gasteiger partial charge is 0.416 e. The van der Waals surface area contributed by atoms with Crippen molar-refractivity contribution in [3.8, 4) is 5.75 Å². The molecule has 0 bridgehead atoms. The molecule has 0 aliphatic carbocycles. The Bertz CT molecular complexity index is 524. The van der Waals surface area contributed by atoms with E-state index >= 15 is 0 Å². The van der Waals surface area contributed by atoms with Gasteiger partial charge in [0.2, 0.25) is 0 Å². The third-order valence-corrected chi connectivity index (χ3v) is 3.02. The molecule has 1 rings (SSSR count). The van der Waals surface area contributed by atoms with Gasteiger partial charge in [0.05, 0.1) is 18.3 Å². The first-order chi connectivity index (χ1) is 11.3. The first-order valence-corrected chi connectivity index (χ1v) is 7.29. The summed E-state index contributed by atoms with van der Waals surface area (Å²) in [7, 11) is 0. The molecule has 1 aromatic rings. The van der Waals surface area contributed by atoms with Crippen molar-refractivity contribution < 1.29 is 37.7 Å². The SMILES string of the molecule is CCC(COc1cccc(C(F)(F)F)c1)OC(=O)NCC(O)CO. The topological polar surface area (TPSA) is 88.0 Å². The summed E-state index contributed by atoms with van der Waals surface area (Å²) in [5.74, 6) is 0.0167. The van der Waals surface area contributed by atoms with Crippen LogP contribution in [0.3, 0.4) is 0 Å². The Morgan fingerprint density at radius 1 is 1.38 bits per heavy atom. The lowest BCUT2D eigenvalue weighted by Gasteiger charge is -2.18. The molecule has 0 heterocycles. The zero-order chi connectivity index (χ0) is 18.2. The highest BCUT2D eigenvalue weighted by Crippen LogP contribution is 2.31. The number of benzene rings is 1. The van der Waals surface area contributed by atoms with Gasteiger partial charge in [0.25, 0.3) is 0 Å². The van der Waals surface area contributed by atoms with Crippen molar-refractivity contribution in [3.05, 3.63) is 29.8 Å². The van der Waals surface area contributed by atoms with Crippen molar-refractivity contribution in [1.82, 2.24) is 5.32 Å². The predicted molar refractivity (Wildman–Crippen MR) is 78.6 cm³/mol. The third-order valence-electron chi connectivity index (χ3n) is 3.02. The lowest BCUT2D eigenvalue weighted by Crippen LogP contribution is -2.37. The number of hydrogen-bond acceptors (Lipinski definition) is 5. The highest BCUT2D eigenvalue weighted by molar-refractivity contribution is 5.67. The molecule has 1 amide bonds. The number of carbonyl (C=O) groups excluding carboxylic acids is 1. The quantitative estimate of drug-likeness (QED) is 0.666. The molecule has 0 aliphatic heterocycles. The maximum Gasteiger partial charge on any atom is 0.416 e. The monoisotopic (exact) mass is 351 g/mol. The lowest BCUT2D eigenvalue weighted by atomic mass is 10.2. The van der Waals surface area contributed by atoms with Crippen LogP contribution in [0.15, 0.2) is 24.3 Å². The van der Waals surface area contributed by atoms with Crippen LogP contribution in [-0.4, -0.2) is 48.3 Å². The number of carbonyl (C=O) groups is 1. The Morgan fingerprint density at radius 2 is 2.08 bits per heavy atom. The average Bonchev–Trinajstić information content (AvgIpc) is 2.55. The fourth-order valence-corrected chi connectivity index (χ4v) is 1.65. The number of rotatable bonds is 8. The van der Waals surface area contributed by atoms with E-state index in [1.165, 1.54) is 12.1 Å². The molecule has 0 aliphatic rings. The molecule has 3 N–H and O–H groups in total. The van der Waals surface area contributed by atoms with Crippen LogP contribution in [0.4, 0.5) is 18.0 Å². The molecule has 0 spiro atoms. The molecule has 6 nitrogen and oxygen atoms in total. The zero-order valence-electron chi connectivity index (χ0n) is 13.0. The number of amides is 1. The van der Waals surface area contributed by atoms with Crippen molar-refractivity contribution in [2.75, 3.05) is 19.8 Å². The number of alkyl halides is 3. The highest BCUT2D eigenvalue weighted by atomic mass is 19.4. The van der Waals surface area contributed by atoms with E-state index in [0.29, 0.717) is 6.42 Å². The van der Waals surface area contributed by atoms with E-state index in [4.69, 9.17) is 19.7 Å². The Hall–Kier alpha value is -2.00. The number of halogens is 3. The Morgan fingerprint density at radius 3 is 2.67 bits per heavy atom. The van der Waals surface area contributed by atoms with Gasteiger partial charge in [-0.15, -0.1) is 0 Å². The molecule has 24 heavy (non-hydrogen) atoms. The number of hydrogen-bond donors (Lipinski definition) is 3. The average molecular weight is 351 g/mol. The van der Waals surface area contributed by atoms with Crippen LogP contribution in [0, 0.1) is 0 Å². The van der Waals surface area contributed by atoms with Gasteiger partial charge >= 0.3 is 12.3 Å². The van der Waals surface area contributed by atoms with Crippen LogP contribution >= 0.6 is 0 Å². The molecule has 0 saturated heterocycles. The van der Waals surface area contributed by atoms with Gasteiger partial charge in [0.1, 0.15) is 18.5 Å². The van der Waals surface area contributed by atoms with Crippen LogP contribution in [0.25, 0.3) is 0 Å². The van der Waals surface area contributed by atoms with Crippen LogP contribution < -0.4 is 10.1 Å². The van der Waals surface area contributed by atoms with Crippen molar-refractivity contribution in [2.45, 2.75) is 31.7 Å². The summed E-state index contributed by atoms with van der Waals surface area (Å²) >= 11 is 0. The van der Waals surface area contributed by atoms with E-state index < -0.39 is 36.6 Å². The molecule has 2 unspecified atom stereocenters. The van der Waals surface area contributed by atoms with Crippen molar-refractivity contribution in [3.63, 3.8) is 0 Å². The van der Waals surface area contributed by atoms with Gasteiger partial charge in [-0.3, -0.25) is 0 Å². The Balaban J connectivity index is 2.50. The minimum atomic E-state index is -4.46. The summed E-state index contributed by atoms with van der Waals surface area (Å²) < 4.78 is 48.1. The summed E-state index contributed by atoms with van der Waals surface area (Å²) in [6.45, 7) is 0.917. The minimum absolute atomic E-state index is 0.0167. The third kappa shape index (κ3) is 7.05. The van der Waals surface area contributed by atoms with E-state index in [2.05, 4.69) is 5.32 Å². The largest absolute Gasteiger partial charge is 0.490 e. The van der Waals surface area contributed by atoms with E-state index in [1.807, 2.05) is 0 Å². The number of nitrogens with one attached hydrogen (secondary N) is 1. The lowest BCUT2D eigenvalue weighted by molar-refractivity contribution is -0.137. The molecule has 136 valence electrons. The molecule has 0 saturated carbocycles. The molecular weight excluding hydrogens is 331 g/mol.